The zero-order valence-corrected chi connectivity index (χ0v) is 12.0. The topological polar surface area (TPSA) is 101 Å². The van der Waals surface area contributed by atoms with Gasteiger partial charge in [0.2, 0.25) is 5.91 Å². The van der Waals surface area contributed by atoms with Crippen LogP contribution in [-0.2, 0) is 15.6 Å². The van der Waals surface area contributed by atoms with E-state index < -0.39 is 28.0 Å². The Balaban J connectivity index is 2.90. The molecule has 0 bridgehead atoms. The van der Waals surface area contributed by atoms with Crippen molar-refractivity contribution in [2.45, 2.75) is 17.1 Å². The summed E-state index contributed by atoms with van der Waals surface area (Å²) in [5.41, 5.74) is 5.97. The summed E-state index contributed by atoms with van der Waals surface area (Å²) in [4.78, 5) is 23.0. The van der Waals surface area contributed by atoms with Gasteiger partial charge in [0.25, 0.3) is 0 Å². The minimum absolute atomic E-state index is 0.270. The van der Waals surface area contributed by atoms with Crippen LogP contribution < -0.4 is 16.4 Å². The number of hydrogen-bond acceptors (Lipinski definition) is 4. The van der Waals surface area contributed by atoms with Crippen LogP contribution in [0, 0.1) is 0 Å². The number of amides is 3. The Morgan fingerprint density at radius 3 is 2.63 bits per heavy atom. The molecule has 0 aliphatic rings. The highest BCUT2D eigenvalue weighted by molar-refractivity contribution is 7.86. The maximum atomic E-state index is 12.2. The summed E-state index contributed by atoms with van der Waals surface area (Å²) in [5.74, 6) is -0.656. The van der Waals surface area contributed by atoms with E-state index in [1.807, 2.05) is 0 Å². The third kappa shape index (κ3) is 3.93. The van der Waals surface area contributed by atoms with Crippen molar-refractivity contribution in [3.05, 3.63) is 23.2 Å². The van der Waals surface area contributed by atoms with Gasteiger partial charge in [-0.25, -0.2) is 4.79 Å². The second-order valence-corrected chi connectivity index (χ2v) is 5.87. The summed E-state index contributed by atoms with van der Waals surface area (Å²) in [7, 11) is -0.326. The third-order valence-corrected chi connectivity index (χ3v) is 4.22. The molecule has 104 valence electrons. The lowest BCUT2D eigenvalue weighted by Gasteiger charge is -2.13. The van der Waals surface area contributed by atoms with Gasteiger partial charge in [-0.2, -0.15) is 0 Å². The van der Waals surface area contributed by atoms with Crippen LogP contribution in [0.2, 0.25) is 5.02 Å². The lowest BCUT2D eigenvalue weighted by Crippen LogP contribution is -2.43. The molecule has 0 aromatic heterocycles. The van der Waals surface area contributed by atoms with Crippen LogP contribution in [0.15, 0.2) is 23.1 Å². The molecule has 6 nitrogen and oxygen atoms in total. The number of imide groups is 1. The Morgan fingerprint density at radius 1 is 1.42 bits per heavy atom. The van der Waals surface area contributed by atoms with E-state index in [1.165, 1.54) is 26.1 Å². The van der Waals surface area contributed by atoms with Gasteiger partial charge in [-0.3, -0.25) is 14.3 Å². The highest BCUT2D eigenvalue weighted by atomic mass is 35.5. The van der Waals surface area contributed by atoms with E-state index in [9.17, 15) is 13.8 Å². The van der Waals surface area contributed by atoms with Crippen LogP contribution >= 0.6 is 11.6 Å². The molecule has 0 saturated carbocycles. The van der Waals surface area contributed by atoms with E-state index >= 15 is 0 Å². The Bertz CT molecular complexity index is 536. The van der Waals surface area contributed by atoms with Crippen molar-refractivity contribution in [3.8, 4) is 0 Å². The van der Waals surface area contributed by atoms with E-state index in [0.717, 1.165) is 0 Å². The number of nitrogen functional groups attached to an aromatic ring is 1. The molecule has 1 aromatic rings. The molecule has 0 aliphatic carbocycles. The number of halogens is 1. The third-order valence-electron chi connectivity index (χ3n) is 2.35. The molecule has 8 heteroatoms. The lowest BCUT2D eigenvalue weighted by atomic mass is 10.3. The number of carbonyl (C=O) groups excluding carboxylic acids is 2. The van der Waals surface area contributed by atoms with E-state index in [1.54, 1.807) is 6.07 Å². The first kappa shape index (κ1) is 15.5. The summed E-state index contributed by atoms with van der Waals surface area (Å²) in [6.45, 7) is 1.44. The zero-order chi connectivity index (χ0) is 14.6. The summed E-state index contributed by atoms with van der Waals surface area (Å²) >= 11 is 5.80. The van der Waals surface area contributed by atoms with Crippen LogP contribution in [0.5, 0.6) is 0 Å². The first-order valence-corrected chi connectivity index (χ1v) is 6.94. The number of benzene rings is 1. The SMILES string of the molecule is CNC(=O)NC(=O)C(C)S(=O)c1cc(Cl)ccc1N. The fourth-order valence-corrected chi connectivity index (χ4v) is 2.66. The number of nitrogens with two attached hydrogens (primary N) is 1. The Kier molecular flexibility index (Phi) is 5.31. The molecule has 0 saturated heterocycles. The molecular weight excluding hydrogens is 290 g/mol. The van der Waals surface area contributed by atoms with Gasteiger partial charge in [0.15, 0.2) is 0 Å². The number of hydrogen-bond donors (Lipinski definition) is 3. The number of urea groups is 1. The van der Waals surface area contributed by atoms with Gasteiger partial charge in [-0.15, -0.1) is 0 Å². The van der Waals surface area contributed by atoms with Gasteiger partial charge in [-0.1, -0.05) is 11.6 Å². The predicted molar refractivity (Wildman–Crippen MR) is 74.3 cm³/mol. The van der Waals surface area contributed by atoms with E-state index in [0.29, 0.717) is 5.02 Å². The molecule has 2 unspecified atom stereocenters. The summed E-state index contributed by atoms with van der Waals surface area (Å²) in [6, 6.07) is 3.86. The quantitative estimate of drug-likeness (QED) is 0.721. The molecule has 1 rings (SSSR count). The van der Waals surface area contributed by atoms with E-state index in [4.69, 9.17) is 17.3 Å². The second-order valence-electron chi connectivity index (χ2n) is 3.69. The van der Waals surface area contributed by atoms with Crippen LogP contribution in [0.1, 0.15) is 6.92 Å². The van der Waals surface area contributed by atoms with Crippen molar-refractivity contribution in [3.63, 3.8) is 0 Å². The Labute approximate surface area is 118 Å². The van der Waals surface area contributed by atoms with Gasteiger partial charge >= 0.3 is 6.03 Å². The molecule has 0 spiro atoms. The fraction of sp³-hybridized carbons (Fsp3) is 0.273. The first-order chi connectivity index (χ1) is 8.86. The Morgan fingerprint density at radius 2 is 2.05 bits per heavy atom. The van der Waals surface area contributed by atoms with Crippen molar-refractivity contribution < 1.29 is 13.8 Å². The predicted octanol–water partition coefficient (Wildman–Crippen LogP) is 0.874. The van der Waals surface area contributed by atoms with Gasteiger partial charge < -0.3 is 11.1 Å². The number of carbonyl (C=O) groups is 2. The molecular formula is C11H14ClN3O3S. The summed E-state index contributed by atoms with van der Waals surface area (Å²) < 4.78 is 12.2. The lowest BCUT2D eigenvalue weighted by molar-refractivity contribution is -0.119. The molecule has 0 radical (unpaired) electrons. The number of rotatable bonds is 3. The largest absolute Gasteiger partial charge is 0.398 e. The van der Waals surface area contributed by atoms with E-state index in [-0.39, 0.29) is 10.6 Å². The molecule has 1 aromatic carbocycles. The maximum absolute atomic E-state index is 12.2. The van der Waals surface area contributed by atoms with E-state index in [2.05, 4.69) is 10.6 Å². The average Bonchev–Trinajstić information content (AvgIpc) is 2.39. The number of anilines is 1. The van der Waals surface area contributed by atoms with Gasteiger partial charge in [0, 0.05) is 17.8 Å². The molecule has 0 heterocycles. The van der Waals surface area contributed by atoms with Crippen LogP contribution in [0.25, 0.3) is 0 Å². The minimum Gasteiger partial charge on any atom is -0.398 e. The van der Waals surface area contributed by atoms with Crippen molar-refractivity contribution in [2.75, 3.05) is 12.8 Å². The van der Waals surface area contributed by atoms with Crippen molar-refractivity contribution in [1.29, 1.82) is 0 Å². The second kappa shape index (κ2) is 6.53. The van der Waals surface area contributed by atoms with Gasteiger partial charge in [-0.05, 0) is 25.1 Å². The highest BCUT2D eigenvalue weighted by Gasteiger charge is 2.24. The molecule has 0 fully saturated rings. The average molecular weight is 304 g/mol. The smallest absolute Gasteiger partial charge is 0.321 e. The molecule has 19 heavy (non-hydrogen) atoms. The van der Waals surface area contributed by atoms with Crippen LogP contribution in [0.3, 0.4) is 0 Å². The van der Waals surface area contributed by atoms with Crippen molar-refractivity contribution in [2.24, 2.45) is 0 Å². The monoisotopic (exact) mass is 303 g/mol. The standard InChI is InChI=1S/C11H14ClN3O3S/c1-6(10(16)15-11(17)14-2)19(18)9-5-7(12)3-4-8(9)13/h3-6H,13H2,1-2H3,(H2,14,15,16,17). The first-order valence-electron chi connectivity index (χ1n) is 5.35. The van der Waals surface area contributed by atoms with Gasteiger partial charge in [0.05, 0.1) is 15.7 Å². The Hall–Kier alpha value is -1.60. The summed E-state index contributed by atoms with van der Waals surface area (Å²) in [5, 5.41) is 3.73. The summed E-state index contributed by atoms with van der Waals surface area (Å²) in [6.07, 6.45) is 0. The number of nitrogens with one attached hydrogen (secondary N) is 2. The molecule has 4 N–H and O–H groups in total. The van der Waals surface area contributed by atoms with Crippen molar-refractivity contribution >= 4 is 40.0 Å². The zero-order valence-electron chi connectivity index (χ0n) is 10.4. The molecule has 2 atom stereocenters. The highest BCUT2D eigenvalue weighted by Crippen LogP contribution is 2.23. The van der Waals surface area contributed by atoms with Crippen LogP contribution in [0.4, 0.5) is 10.5 Å². The maximum Gasteiger partial charge on any atom is 0.321 e. The normalized spacial score (nSPS) is 13.4. The fourth-order valence-electron chi connectivity index (χ4n) is 1.25. The molecule has 3 amide bonds. The molecule has 0 aliphatic heterocycles. The van der Waals surface area contributed by atoms with Crippen LogP contribution in [-0.4, -0.2) is 28.4 Å². The van der Waals surface area contributed by atoms with Gasteiger partial charge in [0.1, 0.15) is 5.25 Å². The minimum atomic E-state index is -1.70. The van der Waals surface area contributed by atoms with Crippen molar-refractivity contribution in [1.82, 2.24) is 10.6 Å².